The second kappa shape index (κ2) is 11.9. The van der Waals surface area contributed by atoms with Gasteiger partial charge in [-0.05, 0) is 55.8 Å². The number of benzene rings is 2. The average Bonchev–Trinajstić information content (AvgIpc) is 3.23. The maximum absolute atomic E-state index is 12.7. The largest absolute Gasteiger partial charge is 0.378 e. The predicted molar refractivity (Wildman–Crippen MR) is 147 cm³/mol. The normalized spacial score (nSPS) is 17.0. The predicted octanol–water partition coefficient (Wildman–Crippen LogP) is 4.29. The number of aromatic nitrogens is 1. The van der Waals surface area contributed by atoms with Gasteiger partial charge in [0.1, 0.15) is 0 Å². The van der Waals surface area contributed by atoms with Crippen LogP contribution in [0.2, 0.25) is 0 Å². The molecule has 2 aliphatic rings. The highest BCUT2D eigenvalue weighted by atomic mass is 32.2. The highest BCUT2D eigenvalue weighted by Crippen LogP contribution is 2.45. The third-order valence-electron chi connectivity index (χ3n) is 6.89. The molecule has 1 fully saturated rings. The number of thioether (sulfide) groups is 1. The van der Waals surface area contributed by atoms with Crippen molar-refractivity contribution in [1.29, 1.82) is 0 Å². The van der Waals surface area contributed by atoms with Crippen molar-refractivity contribution in [2.24, 2.45) is 0 Å². The minimum atomic E-state index is -0.00239. The topological polar surface area (TPSA) is 48.7 Å². The third-order valence-corrected chi connectivity index (χ3v) is 8.06. The second-order valence-electron chi connectivity index (χ2n) is 9.39. The Labute approximate surface area is 217 Å². The molecule has 1 aromatic heterocycles. The molecule has 2 aliphatic heterocycles. The Hall–Kier alpha value is -2.87. The number of nitrogens with one attached hydrogen (secondary N) is 1. The van der Waals surface area contributed by atoms with Crippen LogP contribution in [-0.4, -0.2) is 57.2 Å². The summed E-state index contributed by atoms with van der Waals surface area (Å²) in [5.74, 6) is -0.00239. The zero-order valence-corrected chi connectivity index (χ0v) is 21.8. The maximum Gasteiger partial charge on any atom is 0.286 e. The number of pyridine rings is 1. The van der Waals surface area contributed by atoms with Crippen LogP contribution >= 0.6 is 11.8 Å². The first-order chi connectivity index (χ1) is 17.7. The zero-order valence-electron chi connectivity index (χ0n) is 21.0. The van der Waals surface area contributed by atoms with E-state index in [1.807, 2.05) is 16.8 Å². The van der Waals surface area contributed by atoms with Crippen LogP contribution in [0.25, 0.3) is 17.0 Å². The fourth-order valence-corrected chi connectivity index (χ4v) is 6.01. The lowest BCUT2D eigenvalue weighted by Crippen LogP contribution is -2.44. The molecular formula is C29H35N4O2S+. The Morgan fingerprint density at radius 2 is 1.86 bits per heavy atom. The van der Waals surface area contributed by atoms with Crippen LogP contribution < -0.4 is 14.8 Å². The fraction of sp³-hybridized carbons (Fsp3) is 0.379. The number of carbonyl (C=O) groups is 1. The van der Waals surface area contributed by atoms with Gasteiger partial charge in [-0.2, -0.15) is 4.57 Å². The molecule has 1 amide bonds. The van der Waals surface area contributed by atoms with E-state index in [4.69, 9.17) is 4.74 Å². The van der Waals surface area contributed by atoms with Gasteiger partial charge in [0.25, 0.3) is 5.91 Å². The van der Waals surface area contributed by atoms with Crippen molar-refractivity contribution in [1.82, 2.24) is 10.2 Å². The standard InChI is InChI=1S/C29H34N4O2S/c1-31-26-11-5-6-12-27(26)36-29(31)21-23-13-17-33(25-10-4-3-9-24(23)25)22-28(34)30-14-19-35-20-18-32-15-7-2-8-16-32/h3-6,9-13,17,21H,2,7-8,14-16,18-20,22H2,1H3/p+1. The molecule has 7 heteroatoms. The van der Waals surface area contributed by atoms with Gasteiger partial charge >= 0.3 is 0 Å². The van der Waals surface area contributed by atoms with E-state index in [0.717, 1.165) is 29.6 Å². The lowest BCUT2D eigenvalue weighted by atomic mass is 10.1. The summed E-state index contributed by atoms with van der Waals surface area (Å²) in [6.07, 6.45) is 8.19. The summed E-state index contributed by atoms with van der Waals surface area (Å²) in [7, 11) is 2.11. The molecule has 1 saturated heterocycles. The van der Waals surface area contributed by atoms with Gasteiger partial charge in [0.05, 0.1) is 29.3 Å². The van der Waals surface area contributed by atoms with E-state index in [1.54, 1.807) is 11.8 Å². The van der Waals surface area contributed by atoms with E-state index in [9.17, 15) is 4.79 Å². The first-order valence-electron chi connectivity index (χ1n) is 12.9. The number of amides is 1. The first-order valence-corrected chi connectivity index (χ1v) is 13.7. The second-order valence-corrected chi connectivity index (χ2v) is 10.5. The summed E-state index contributed by atoms with van der Waals surface area (Å²) in [6, 6.07) is 18.8. The number of rotatable bonds is 9. The van der Waals surface area contributed by atoms with Crippen LogP contribution in [0.1, 0.15) is 24.8 Å². The molecule has 6 nitrogen and oxygen atoms in total. The minimum Gasteiger partial charge on any atom is -0.378 e. The van der Waals surface area contributed by atoms with Crippen molar-refractivity contribution in [2.75, 3.05) is 51.3 Å². The summed E-state index contributed by atoms with van der Waals surface area (Å²) in [4.78, 5) is 18.6. The molecule has 3 aromatic rings. The van der Waals surface area contributed by atoms with Crippen LogP contribution in [-0.2, 0) is 16.1 Å². The Morgan fingerprint density at radius 1 is 1.06 bits per heavy atom. The highest BCUT2D eigenvalue weighted by Gasteiger charge is 2.22. The number of likely N-dealkylation sites (tertiary alicyclic amines) is 1. The third kappa shape index (κ3) is 5.91. The zero-order chi connectivity index (χ0) is 24.7. The Morgan fingerprint density at radius 3 is 2.72 bits per heavy atom. The number of piperidine rings is 1. The Balaban J connectivity index is 1.18. The molecular weight excluding hydrogens is 468 g/mol. The number of hydrogen-bond donors (Lipinski definition) is 1. The van der Waals surface area contributed by atoms with Gasteiger partial charge in [-0.25, -0.2) is 0 Å². The van der Waals surface area contributed by atoms with E-state index >= 15 is 0 Å². The summed E-state index contributed by atoms with van der Waals surface area (Å²) in [6.45, 7) is 5.44. The SMILES string of the molecule is CN1/C(=C/c2cc[n+](CC(=O)NCCOCCN3CCCCC3)c3ccccc23)Sc2ccccc21. The van der Waals surface area contributed by atoms with E-state index in [-0.39, 0.29) is 12.5 Å². The van der Waals surface area contributed by atoms with Gasteiger partial charge < -0.3 is 19.9 Å². The van der Waals surface area contributed by atoms with E-state index < -0.39 is 0 Å². The number of ether oxygens (including phenoxy) is 1. The molecule has 2 aromatic carbocycles. The molecule has 3 heterocycles. The number of nitrogens with zero attached hydrogens (tertiary/aromatic N) is 3. The number of hydrogen-bond acceptors (Lipinski definition) is 5. The van der Waals surface area contributed by atoms with Crippen molar-refractivity contribution < 1.29 is 14.1 Å². The monoisotopic (exact) mass is 503 g/mol. The van der Waals surface area contributed by atoms with Crippen LogP contribution in [0, 0.1) is 0 Å². The molecule has 0 aliphatic carbocycles. The molecule has 0 unspecified atom stereocenters. The summed E-state index contributed by atoms with van der Waals surface area (Å²) in [5, 5.41) is 5.33. The lowest BCUT2D eigenvalue weighted by Gasteiger charge is -2.26. The van der Waals surface area contributed by atoms with E-state index in [2.05, 4.69) is 76.8 Å². The molecule has 1 N–H and O–H groups in total. The summed E-state index contributed by atoms with van der Waals surface area (Å²) >= 11 is 1.79. The smallest absolute Gasteiger partial charge is 0.286 e. The molecule has 0 bridgehead atoms. The number of fused-ring (bicyclic) bond motifs is 2. The summed E-state index contributed by atoms with van der Waals surface area (Å²) < 4.78 is 7.76. The van der Waals surface area contributed by atoms with Crippen LogP contribution in [0.3, 0.4) is 0 Å². The maximum atomic E-state index is 12.7. The van der Waals surface area contributed by atoms with Crippen molar-refractivity contribution in [2.45, 2.75) is 30.7 Å². The Kier molecular flexibility index (Phi) is 8.21. The van der Waals surface area contributed by atoms with Gasteiger partial charge in [0.15, 0.2) is 6.20 Å². The van der Waals surface area contributed by atoms with Gasteiger partial charge in [0.2, 0.25) is 12.1 Å². The molecule has 0 atom stereocenters. The van der Waals surface area contributed by atoms with Crippen molar-refractivity contribution >= 4 is 40.3 Å². The lowest BCUT2D eigenvalue weighted by molar-refractivity contribution is -0.658. The average molecular weight is 504 g/mol. The quantitative estimate of drug-likeness (QED) is 0.349. The summed E-state index contributed by atoms with van der Waals surface area (Å²) in [5.41, 5.74) is 3.42. The first kappa shape index (κ1) is 24.8. The highest BCUT2D eigenvalue weighted by molar-refractivity contribution is 8.03. The number of para-hydroxylation sites is 2. The van der Waals surface area contributed by atoms with Crippen LogP contribution in [0.15, 0.2) is 70.7 Å². The molecule has 36 heavy (non-hydrogen) atoms. The van der Waals surface area contributed by atoms with Crippen molar-refractivity contribution in [3.63, 3.8) is 0 Å². The fourth-order valence-electron chi connectivity index (χ4n) is 4.90. The Bertz CT molecular complexity index is 1240. The molecule has 0 spiro atoms. The molecule has 5 rings (SSSR count). The minimum absolute atomic E-state index is 0.00239. The molecule has 188 valence electrons. The number of carbonyl (C=O) groups excluding carboxylic acids is 1. The molecule has 0 radical (unpaired) electrons. The van der Waals surface area contributed by atoms with Gasteiger partial charge in [0, 0.05) is 37.2 Å². The van der Waals surface area contributed by atoms with Crippen LogP contribution in [0.4, 0.5) is 5.69 Å². The van der Waals surface area contributed by atoms with Gasteiger partial charge in [-0.1, -0.05) is 42.4 Å². The van der Waals surface area contributed by atoms with Crippen molar-refractivity contribution in [3.8, 4) is 0 Å². The molecule has 0 saturated carbocycles. The van der Waals surface area contributed by atoms with Crippen LogP contribution in [0.5, 0.6) is 0 Å². The number of anilines is 1. The van der Waals surface area contributed by atoms with Gasteiger partial charge in [-0.15, -0.1) is 0 Å². The van der Waals surface area contributed by atoms with Crippen molar-refractivity contribution in [3.05, 3.63) is 71.4 Å². The van der Waals surface area contributed by atoms with E-state index in [0.29, 0.717) is 13.2 Å². The van der Waals surface area contributed by atoms with E-state index in [1.165, 1.54) is 48.0 Å². The van der Waals surface area contributed by atoms with Gasteiger partial charge in [-0.3, -0.25) is 4.79 Å².